The van der Waals surface area contributed by atoms with Crippen molar-refractivity contribution in [3.8, 4) is 11.5 Å². The van der Waals surface area contributed by atoms with Crippen molar-refractivity contribution < 1.29 is 28.6 Å². The van der Waals surface area contributed by atoms with Crippen molar-refractivity contribution in [1.82, 2.24) is 10.6 Å². The standard InChI is InChI=1S/C22H22N2O6/c1-4-29-21(26)18-13(2)23-22(27)24-19(18)15-10-11-16(17(12-15)28-3)30-20(25)14-8-6-5-7-9-14/h5-12,19H,4H2,1-3H3,(H2,23,24,27)/t19-/m1/s1. The van der Waals surface area contributed by atoms with Crippen molar-refractivity contribution in [2.75, 3.05) is 13.7 Å². The van der Waals surface area contributed by atoms with Gasteiger partial charge in [-0.2, -0.15) is 0 Å². The van der Waals surface area contributed by atoms with E-state index in [1.54, 1.807) is 62.4 Å². The number of nitrogens with one attached hydrogen (secondary N) is 2. The molecule has 8 heteroatoms. The molecule has 1 heterocycles. The quantitative estimate of drug-likeness (QED) is 0.560. The predicted molar refractivity (Wildman–Crippen MR) is 108 cm³/mol. The molecular weight excluding hydrogens is 388 g/mol. The molecule has 0 aliphatic carbocycles. The number of amides is 2. The van der Waals surface area contributed by atoms with Crippen molar-refractivity contribution in [2.45, 2.75) is 19.9 Å². The summed E-state index contributed by atoms with van der Waals surface area (Å²) in [6.45, 7) is 3.54. The molecule has 1 aliphatic rings. The number of allylic oxidation sites excluding steroid dienone is 1. The molecule has 2 amide bonds. The molecule has 2 N–H and O–H groups in total. The van der Waals surface area contributed by atoms with Crippen molar-refractivity contribution in [3.05, 3.63) is 70.9 Å². The lowest BCUT2D eigenvalue weighted by Gasteiger charge is -2.28. The van der Waals surface area contributed by atoms with E-state index in [1.165, 1.54) is 7.11 Å². The molecule has 0 saturated carbocycles. The van der Waals surface area contributed by atoms with Gasteiger partial charge in [-0.15, -0.1) is 0 Å². The van der Waals surface area contributed by atoms with Crippen molar-refractivity contribution in [3.63, 3.8) is 0 Å². The fraction of sp³-hybridized carbons (Fsp3) is 0.227. The van der Waals surface area contributed by atoms with Crippen molar-refractivity contribution >= 4 is 18.0 Å². The minimum atomic E-state index is -0.745. The first-order chi connectivity index (χ1) is 14.4. The minimum absolute atomic E-state index is 0.202. The van der Waals surface area contributed by atoms with Crippen LogP contribution < -0.4 is 20.1 Å². The fourth-order valence-electron chi connectivity index (χ4n) is 3.10. The van der Waals surface area contributed by atoms with E-state index in [-0.39, 0.29) is 23.7 Å². The van der Waals surface area contributed by atoms with Crippen LogP contribution in [0, 0.1) is 0 Å². The number of urea groups is 1. The Morgan fingerprint density at radius 1 is 1.03 bits per heavy atom. The molecule has 1 atom stereocenters. The van der Waals surface area contributed by atoms with Crippen LogP contribution >= 0.6 is 0 Å². The molecule has 0 unspecified atom stereocenters. The molecular formula is C22H22N2O6. The largest absolute Gasteiger partial charge is 0.493 e. The molecule has 3 rings (SSSR count). The zero-order chi connectivity index (χ0) is 21.7. The number of benzene rings is 2. The molecule has 0 fully saturated rings. The summed E-state index contributed by atoms with van der Waals surface area (Å²) in [5.41, 5.74) is 1.66. The second-order valence-corrected chi connectivity index (χ2v) is 6.46. The van der Waals surface area contributed by atoms with Gasteiger partial charge in [-0.3, -0.25) is 0 Å². The first kappa shape index (κ1) is 20.9. The summed E-state index contributed by atoms with van der Waals surface area (Å²) in [6, 6.07) is 12.2. The highest BCUT2D eigenvalue weighted by molar-refractivity contribution is 5.95. The van der Waals surface area contributed by atoms with Gasteiger partial charge in [0.2, 0.25) is 0 Å². The first-order valence-electron chi connectivity index (χ1n) is 9.35. The maximum absolute atomic E-state index is 12.5. The van der Waals surface area contributed by atoms with Crippen molar-refractivity contribution in [2.24, 2.45) is 0 Å². The molecule has 2 aromatic carbocycles. The summed E-state index contributed by atoms with van der Waals surface area (Å²) in [4.78, 5) is 36.8. The number of hydrogen-bond acceptors (Lipinski definition) is 6. The Labute approximate surface area is 173 Å². The van der Waals surface area contributed by atoms with Crippen LogP contribution in [0.15, 0.2) is 59.8 Å². The van der Waals surface area contributed by atoms with E-state index in [1.807, 2.05) is 0 Å². The van der Waals surface area contributed by atoms with Gasteiger partial charge in [-0.1, -0.05) is 24.3 Å². The van der Waals surface area contributed by atoms with E-state index < -0.39 is 24.0 Å². The van der Waals surface area contributed by atoms with Gasteiger partial charge in [0.15, 0.2) is 11.5 Å². The van der Waals surface area contributed by atoms with Gasteiger partial charge in [0, 0.05) is 5.70 Å². The van der Waals surface area contributed by atoms with Crippen LogP contribution in [0.2, 0.25) is 0 Å². The van der Waals surface area contributed by atoms with Gasteiger partial charge in [0.05, 0.1) is 30.9 Å². The van der Waals surface area contributed by atoms with E-state index in [0.29, 0.717) is 16.8 Å². The van der Waals surface area contributed by atoms with Gasteiger partial charge >= 0.3 is 18.0 Å². The lowest BCUT2D eigenvalue weighted by Crippen LogP contribution is -2.45. The van der Waals surface area contributed by atoms with Crippen LogP contribution in [0.5, 0.6) is 11.5 Å². The normalized spacial score (nSPS) is 15.7. The molecule has 0 radical (unpaired) electrons. The summed E-state index contributed by atoms with van der Waals surface area (Å²) in [7, 11) is 1.44. The van der Waals surface area contributed by atoms with E-state index >= 15 is 0 Å². The van der Waals surface area contributed by atoms with Crippen LogP contribution in [0.3, 0.4) is 0 Å². The minimum Gasteiger partial charge on any atom is -0.493 e. The van der Waals surface area contributed by atoms with Crippen LogP contribution in [0.1, 0.15) is 35.8 Å². The van der Waals surface area contributed by atoms with Gasteiger partial charge in [-0.05, 0) is 43.7 Å². The number of ether oxygens (including phenoxy) is 3. The van der Waals surface area contributed by atoms with Gasteiger partial charge < -0.3 is 24.8 Å². The number of rotatable bonds is 6. The molecule has 2 aromatic rings. The number of hydrogen-bond donors (Lipinski definition) is 2. The Bertz CT molecular complexity index is 1000. The number of carbonyl (C=O) groups is 3. The third-order valence-electron chi connectivity index (χ3n) is 4.50. The number of esters is 2. The maximum atomic E-state index is 12.5. The summed E-state index contributed by atoms with van der Waals surface area (Å²) in [5.74, 6) is -0.565. The Morgan fingerprint density at radius 3 is 2.43 bits per heavy atom. The Balaban J connectivity index is 1.92. The Kier molecular flexibility index (Phi) is 6.36. The van der Waals surface area contributed by atoms with Gasteiger partial charge in [0.25, 0.3) is 0 Å². The second kappa shape index (κ2) is 9.13. The van der Waals surface area contributed by atoms with Crippen molar-refractivity contribution in [1.29, 1.82) is 0 Å². The first-order valence-corrected chi connectivity index (χ1v) is 9.35. The Morgan fingerprint density at radius 2 is 1.77 bits per heavy atom. The van der Waals surface area contributed by atoms with Crippen LogP contribution in [-0.2, 0) is 9.53 Å². The average molecular weight is 410 g/mol. The van der Waals surface area contributed by atoms with Crippen LogP contribution in [0.4, 0.5) is 4.79 Å². The number of carbonyl (C=O) groups excluding carboxylic acids is 3. The molecule has 30 heavy (non-hydrogen) atoms. The molecule has 1 aliphatic heterocycles. The van der Waals surface area contributed by atoms with E-state index in [0.717, 1.165) is 0 Å². The molecule has 0 saturated heterocycles. The zero-order valence-corrected chi connectivity index (χ0v) is 16.9. The summed E-state index contributed by atoms with van der Waals surface area (Å²) < 4.78 is 16.0. The fourth-order valence-corrected chi connectivity index (χ4v) is 3.10. The third kappa shape index (κ3) is 4.43. The maximum Gasteiger partial charge on any atom is 0.343 e. The predicted octanol–water partition coefficient (Wildman–Crippen LogP) is 3.11. The highest BCUT2D eigenvalue weighted by atomic mass is 16.6. The highest BCUT2D eigenvalue weighted by Gasteiger charge is 2.32. The monoisotopic (exact) mass is 410 g/mol. The zero-order valence-electron chi connectivity index (χ0n) is 16.9. The average Bonchev–Trinajstić information content (AvgIpc) is 2.74. The molecule has 0 bridgehead atoms. The van der Waals surface area contributed by atoms with E-state index in [2.05, 4.69) is 10.6 Å². The lowest BCUT2D eigenvalue weighted by molar-refractivity contribution is -0.139. The SMILES string of the molecule is CCOC(=O)C1=C(C)NC(=O)N[C@@H]1c1ccc(OC(=O)c2ccccc2)c(OC)c1. The third-order valence-corrected chi connectivity index (χ3v) is 4.50. The molecule has 156 valence electrons. The summed E-state index contributed by atoms with van der Waals surface area (Å²) in [6.07, 6.45) is 0. The lowest BCUT2D eigenvalue weighted by atomic mass is 9.95. The molecule has 0 spiro atoms. The van der Waals surface area contributed by atoms with E-state index in [9.17, 15) is 14.4 Å². The number of methoxy groups -OCH3 is 1. The van der Waals surface area contributed by atoms with Crippen LogP contribution in [-0.4, -0.2) is 31.7 Å². The van der Waals surface area contributed by atoms with Crippen LogP contribution in [0.25, 0.3) is 0 Å². The highest BCUT2D eigenvalue weighted by Crippen LogP contribution is 2.35. The van der Waals surface area contributed by atoms with Gasteiger partial charge in [0.1, 0.15) is 0 Å². The second-order valence-electron chi connectivity index (χ2n) is 6.46. The summed E-state index contributed by atoms with van der Waals surface area (Å²) >= 11 is 0. The van der Waals surface area contributed by atoms with Gasteiger partial charge in [-0.25, -0.2) is 14.4 Å². The summed E-state index contributed by atoms with van der Waals surface area (Å²) in [5, 5.41) is 5.30. The Hall–Kier alpha value is -3.81. The molecule has 8 nitrogen and oxygen atoms in total. The topological polar surface area (TPSA) is 103 Å². The smallest absolute Gasteiger partial charge is 0.343 e. The van der Waals surface area contributed by atoms with E-state index in [4.69, 9.17) is 14.2 Å². The molecule has 0 aromatic heterocycles.